The molecule has 0 aliphatic carbocycles. The molecule has 0 saturated carbocycles. The van der Waals surface area contributed by atoms with Crippen molar-refractivity contribution in [3.8, 4) is 11.8 Å². The van der Waals surface area contributed by atoms with Gasteiger partial charge in [-0.25, -0.2) is 14.1 Å². The zero-order valence-corrected chi connectivity index (χ0v) is 34.1. The molecule has 54 heavy (non-hydrogen) atoms. The number of aromatic nitrogens is 3. The van der Waals surface area contributed by atoms with Crippen LogP contribution in [0.25, 0.3) is 5.52 Å². The third-order valence-electron chi connectivity index (χ3n) is 8.38. The molecule has 0 spiro atoms. The molecule has 15 nitrogen and oxygen atoms in total. The van der Waals surface area contributed by atoms with Gasteiger partial charge >= 0.3 is 19.8 Å². The average molecular weight is 788 g/mol. The minimum absolute atomic E-state index is 0.0885. The first-order valence-electron chi connectivity index (χ1n) is 17.6. The van der Waals surface area contributed by atoms with Crippen molar-refractivity contribution < 1.29 is 46.7 Å². The number of carbonyl (C=O) groups is 3. The quantitative estimate of drug-likeness (QED) is 0.107. The molecule has 3 heterocycles. The molecule has 3 aromatic rings. The number of esters is 2. The molecular formula is C37H50N5O10PS. The molecule has 0 bridgehead atoms. The standard InChI is InChI=1S/C37H50N5O10PS/c1-22(2)32(43)49-29-27(51-37(20-38,30(29)50-33(44)23(3)4)28-16-15-26-31(39)40-21-41-42(26)28)19-48-53(46,47-17-18-54-34(45)36(8,9)10)52-25-13-11-24(12-14-25)35(5,6)7/h11-16,21-23,27,29-30H,17-19H2,1-10H3,(H2,39,40,41)/t27-,29-,30-,37+,53?/m1/s1. The molecule has 0 radical (unpaired) electrons. The maximum atomic E-state index is 14.4. The monoisotopic (exact) mass is 787 g/mol. The number of nitrogen functional groups attached to an aromatic ring is 1. The Morgan fingerprint density at radius 2 is 1.63 bits per heavy atom. The fourth-order valence-electron chi connectivity index (χ4n) is 5.23. The van der Waals surface area contributed by atoms with Crippen molar-refractivity contribution in [3.63, 3.8) is 0 Å². The van der Waals surface area contributed by atoms with Crippen molar-refractivity contribution in [2.45, 2.75) is 98.6 Å². The summed E-state index contributed by atoms with van der Waals surface area (Å²) in [5, 5.41) is 15.1. The summed E-state index contributed by atoms with van der Waals surface area (Å²) in [6, 6.07) is 12.1. The highest BCUT2D eigenvalue weighted by Gasteiger charge is 2.63. The van der Waals surface area contributed by atoms with Crippen LogP contribution in [0.1, 0.15) is 80.5 Å². The Kier molecular flexibility index (Phi) is 13.3. The van der Waals surface area contributed by atoms with Crippen LogP contribution in [0.2, 0.25) is 0 Å². The van der Waals surface area contributed by atoms with Crippen molar-refractivity contribution in [1.82, 2.24) is 14.6 Å². The van der Waals surface area contributed by atoms with E-state index in [0.717, 1.165) is 17.3 Å². The van der Waals surface area contributed by atoms with E-state index in [9.17, 15) is 24.2 Å². The number of fused-ring (bicyclic) bond motifs is 1. The lowest BCUT2D eigenvalue weighted by Crippen LogP contribution is -2.47. The molecule has 2 N–H and O–H groups in total. The Hall–Kier alpha value is -4.00. The number of thioether (sulfide) groups is 1. The smallest absolute Gasteiger partial charge is 0.455 e. The van der Waals surface area contributed by atoms with Crippen molar-refractivity contribution in [1.29, 1.82) is 5.26 Å². The lowest BCUT2D eigenvalue weighted by Gasteiger charge is -2.29. The second kappa shape index (κ2) is 16.8. The van der Waals surface area contributed by atoms with Gasteiger partial charge in [-0.3, -0.25) is 23.4 Å². The maximum absolute atomic E-state index is 14.4. The predicted molar refractivity (Wildman–Crippen MR) is 201 cm³/mol. The fraction of sp³-hybridized carbons (Fsp3) is 0.568. The van der Waals surface area contributed by atoms with Crippen LogP contribution in [-0.2, 0) is 53.2 Å². The van der Waals surface area contributed by atoms with Gasteiger partial charge in [0, 0.05) is 11.2 Å². The van der Waals surface area contributed by atoms with Crippen LogP contribution >= 0.6 is 19.6 Å². The number of anilines is 1. The molecule has 1 unspecified atom stereocenters. The van der Waals surface area contributed by atoms with Gasteiger partial charge in [-0.05, 0) is 35.2 Å². The zero-order valence-electron chi connectivity index (χ0n) is 32.4. The Morgan fingerprint density at radius 1 is 1.00 bits per heavy atom. The van der Waals surface area contributed by atoms with E-state index in [1.54, 1.807) is 66.7 Å². The largest absolute Gasteiger partial charge is 0.530 e. The molecule has 294 valence electrons. The van der Waals surface area contributed by atoms with Gasteiger partial charge in [0.1, 0.15) is 29.8 Å². The molecule has 17 heteroatoms. The summed E-state index contributed by atoms with van der Waals surface area (Å²) in [4.78, 5) is 42.9. The summed E-state index contributed by atoms with van der Waals surface area (Å²) in [5.74, 6) is -2.25. The molecule has 1 aliphatic rings. The highest BCUT2D eigenvalue weighted by atomic mass is 32.2. The average Bonchev–Trinajstić information content (AvgIpc) is 3.65. The first-order chi connectivity index (χ1) is 25.1. The molecule has 1 saturated heterocycles. The summed E-state index contributed by atoms with van der Waals surface area (Å²) in [6.45, 7) is 17.1. The van der Waals surface area contributed by atoms with Gasteiger partial charge < -0.3 is 24.5 Å². The first kappa shape index (κ1) is 42.7. The number of carbonyl (C=O) groups excluding carboxylic acids is 3. The van der Waals surface area contributed by atoms with E-state index in [4.69, 9.17) is 33.5 Å². The van der Waals surface area contributed by atoms with E-state index >= 15 is 0 Å². The van der Waals surface area contributed by atoms with Gasteiger partial charge in [-0.1, -0.05) is 93.1 Å². The highest BCUT2D eigenvalue weighted by Crippen LogP contribution is 2.52. The van der Waals surface area contributed by atoms with Crippen LogP contribution in [0, 0.1) is 28.6 Å². The number of nitrogens with zero attached hydrogens (tertiary/aromatic N) is 4. The van der Waals surface area contributed by atoms with Crippen molar-refractivity contribution in [2.24, 2.45) is 17.3 Å². The topological polar surface area (TPSA) is 204 Å². The van der Waals surface area contributed by atoms with Crippen molar-refractivity contribution in [3.05, 3.63) is 54.0 Å². The predicted octanol–water partition coefficient (Wildman–Crippen LogP) is 6.39. The van der Waals surface area contributed by atoms with Crippen LogP contribution in [0.5, 0.6) is 5.75 Å². The third kappa shape index (κ3) is 9.80. The number of nitrogens with two attached hydrogens (primary N) is 1. The Morgan fingerprint density at radius 3 is 2.20 bits per heavy atom. The van der Waals surface area contributed by atoms with Gasteiger partial charge in [0.05, 0.1) is 30.7 Å². The minimum Gasteiger partial charge on any atom is -0.455 e. The number of rotatable bonds is 14. The second-order valence-corrected chi connectivity index (χ2v) is 18.2. The molecule has 4 rings (SSSR count). The minimum atomic E-state index is -4.53. The van der Waals surface area contributed by atoms with E-state index in [1.165, 1.54) is 16.9 Å². The number of phosphoric ester groups is 1. The van der Waals surface area contributed by atoms with E-state index < -0.39 is 67.5 Å². The van der Waals surface area contributed by atoms with Crippen LogP contribution in [0.4, 0.5) is 5.82 Å². The maximum Gasteiger partial charge on any atom is 0.530 e. The van der Waals surface area contributed by atoms with Gasteiger partial charge in [0.15, 0.2) is 23.1 Å². The fourth-order valence-corrected chi connectivity index (χ4v) is 7.35. The number of phosphoric acid groups is 1. The van der Waals surface area contributed by atoms with Gasteiger partial charge in [-0.2, -0.15) is 10.4 Å². The van der Waals surface area contributed by atoms with E-state index in [0.29, 0.717) is 5.52 Å². The summed E-state index contributed by atoms with van der Waals surface area (Å²) in [6.07, 6.45) is -3.20. The molecule has 1 fully saturated rings. The van der Waals surface area contributed by atoms with Crippen LogP contribution in [0.15, 0.2) is 42.7 Å². The van der Waals surface area contributed by atoms with Gasteiger partial charge in [-0.15, -0.1) is 0 Å². The number of ether oxygens (including phenoxy) is 3. The Bertz CT molecular complexity index is 1910. The number of hydrogen-bond acceptors (Lipinski definition) is 15. The lowest BCUT2D eigenvalue weighted by molar-refractivity contribution is -0.173. The van der Waals surface area contributed by atoms with Crippen molar-refractivity contribution in [2.75, 3.05) is 24.7 Å². The van der Waals surface area contributed by atoms with Crippen molar-refractivity contribution >= 4 is 48.0 Å². The molecule has 2 aromatic heterocycles. The highest BCUT2D eigenvalue weighted by molar-refractivity contribution is 8.13. The second-order valence-electron chi connectivity index (χ2n) is 15.6. The Balaban J connectivity index is 1.74. The van der Waals surface area contributed by atoms with E-state index in [1.807, 2.05) is 32.9 Å². The number of benzene rings is 1. The zero-order chi connectivity index (χ0) is 40.2. The van der Waals surface area contributed by atoms with Crippen LogP contribution in [-0.4, -0.2) is 68.9 Å². The molecule has 1 aliphatic heterocycles. The molecule has 0 amide bonds. The third-order valence-corrected chi connectivity index (χ3v) is 11.0. The number of hydrogen-bond donors (Lipinski definition) is 1. The van der Waals surface area contributed by atoms with E-state index in [2.05, 4.69) is 16.2 Å². The molecular weight excluding hydrogens is 737 g/mol. The summed E-state index contributed by atoms with van der Waals surface area (Å²) in [7, 11) is -4.53. The van der Waals surface area contributed by atoms with Crippen LogP contribution < -0.4 is 10.3 Å². The summed E-state index contributed by atoms with van der Waals surface area (Å²) < 4.78 is 51.5. The van der Waals surface area contributed by atoms with Gasteiger partial charge in [0.2, 0.25) is 5.60 Å². The number of nitriles is 1. The summed E-state index contributed by atoms with van der Waals surface area (Å²) >= 11 is 1.02. The lowest BCUT2D eigenvalue weighted by atomic mass is 9.87. The normalized spacial score (nSPS) is 21.5. The first-order valence-corrected chi connectivity index (χ1v) is 20.0. The SMILES string of the molecule is CC(C)C(=O)O[C@H]1[C@@H](OC(=O)C(C)C)[C@](C#N)(c2ccc3c(N)ncnn23)O[C@@H]1COP(=O)(OCCSC(=O)C(C)(C)C)Oc1ccc(C(C)(C)C)cc1. The van der Waals surface area contributed by atoms with Gasteiger partial charge in [0.25, 0.3) is 0 Å². The van der Waals surface area contributed by atoms with Crippen LogP contribution in [0.3, 0.4) is 0 Å². The van der Waals surface area contributed by atoms with E-state index in [-0.39, 0.29) is 40.2 Å². The molecule has 1 aromatic carbocycles. The summed E-state index contributed by atoms with van der Waals surface area (Å²) in [5.41, 5.74) is 4.60. The Labute approximate surface area is 320 Å². The molecule has 5 atom stereocenters.